The van der Waals surface area contributed by atoms with Crippen LogP contribution < -0.4 is 10.6 Å². The van der Waals surface area contributed by atoms with Crippen molar-refractivity contribution < 1.29 is 4.79 Å². The van der Waals surface area contributed by atoms with Crippen LogP contribution in [0.3, 0.4) is 0 Å². The summed E-state index contributed by atoms with van der Waals surface area (Å²) >= 11 is 1.71. The normalized spacial score (nSPS) is 17.8. The summed E-state index contributed by atoms with van der Waals surface area (Å²) in [5.74, 6) is 0.462. The minimum atomic E-state index is 0.00807. The summed E-state index contributed by atoms with van der Waals surface area (Å²) in [7, 11) is 0. The van der Waals surface area contributed by atoms with E-state index in [4.69, 9.17) is 0 Å². The summed E-state index contributed by atoms with van der Waals surface area (Å²) in [6.45, 7) is 7.06. The Balaban J connectivity index is 1.49. The van der Waals surface area contributed by atoms with Gasteiger partial charge in [0.2, 0.25) is 5.91 Å². The molecule has 3 heterocycles. The number of amides is 1. The van der Waals surface area contributed by atoms with Gasteiger partial charge in [-0.15, -0.1) is 11.3 Å². The second-order valence-corrected chi connectivity index (χ2v) is 7.59. The Bertz CT molecular complexity index is 667. The molecule has 1 amide bonds. The third-order valence-electron chi connectivity index (χ3n) is 4.49. The molecule has 1 saturated heterocycles. The Morgan fingerprint density at radius 2 is 2.38 bits per heavy atom. The second kappa shape index (κ2) is 7.90. The molecule has 2 aromatic rings. The Morgan fingerprint density at radius 3 is 3.08 bits per heavy atom. The fraction of sp³-hybridized carbons (Fsp3) is 0.588. The first-order chi connectivity index (χ1) is 11.6. The Morgan fingerprint density at radius 1 is 1.50 bits per heavy atom. The summed E-state index contributed by atoms with van der Waals surface area (Å²) in [4.78, 5) is 18.0. The summed E-state index contributed by atoms with van der Waals surface area (Å²) in [5.41, 5.74) is 2.24. The molecule has 24 heavy (non-hydrogen) atoms. The van der Waals surface area contributed by atoms with Gasteiger partial charge in [-0.1, -0.05) is 0 Å². The Labute approximate surface area is 146 Å². The Hall–Kier alpha value is -1.73. The van der Waals surface area contributed by atoms with E-state index in [-0.39, 0.29) is 12.5 Å². The van der Waals surface area contributed by atoms with Crippen LogP contribution in [0.5, 0.6) is 0 Å². The summed E-state index contributed by atoms with van der Waals surface area (Å²) in [6.07, 6.45) is 4.90. The molecule has 1 atom stereocenters. The highest BCUT2D eigenvalue weighted by molar-refractivity contribution is 7.11. The van der Waals surface area contributed by atoms with Gasteiger partial charge in [0.05, 0.1) is 10.7 Å². The fourth-order valence-electron chi connectivity index (χ4n) is 3.07. The maximum atomic E-state index is 12.2. The number of hydrogen-bond acceptors (Lipinski definition) is 5. The van der Waals surface area contributed by atoms with E-state index in [2.05, 4.69) is 27.6 Å². The van der Waals surface area contributed by atoms with Crippen molar-refractivity contribution in [2.75, 3.05) is 19.6 Å². The number of carbonyl (C=O) groups excluding carboxylic acids is 1. The van der Waals surface area contributed by atoms with Crippen LogP contribution in [0.1, 0.15) is 40.0 Å². The predicted molar refractivity (Wildman–Crippen MR) is 95.4 cm³/mol. The number of aromatic nitrogens is 3. The molecule has 1 unspecified atom stereocenters. The van der Waals surface area contributed by atoms with Crippen LogP contribution in [0.2, 0.25) is 0 Å². The van der Waals surface area contributed by atoms with Crippen LogP contribution >= 0.6 is 11.3 Å². The van der Waals surface area contributed by atoms with Crippen molar-refractivity contribution in [2.45, 2.75) is 45.6 Å². The first-order valence-corrected chi connectivity index (χ1v) is 9.37. The first kappa shape index (κ1) is 17.1. The van der Waals surface area contributed by atoms with Crippen LogP contribution in [-0.2, 0) is 17.8 Å². The first-order valence-electron chi connectivity index (χ1n) is 8.55. The van der Waals surface area contributed by atoms with Crippen molar-refractivity contribution >= 4 is 17.2 Å². The average molecular weight is 347 g/mol. The molecule has 0 radical (unpaired) electrons. The zero-order valence-electron chi connectivity index (χ0n) is 14.3. The number of rotatable bonds is 6. The molecule has 2 aromatic heterocycles. The number of nitrogens with zero attached hydrogens (tertiary/aromatic N) is 3. The van der Waals surface area contributed by atoms with Crippen LogP contribution in [0, 0.1) is 13.8 Å². The number of nitrogens with one attached hydrogen (secondary N) is 2. The zero-order chi connectivity index (χ0) is 16.9. The van der Waals surface area contributed by atoms with Gasteiger partial charge in [0.15, 0.2) is 0 Å². The minimum absolute atomic E-state index is 0.00807. The SMILES string of the molecule is Cc1nc(CCNC(=O)Cn2nccc2C2CCCNC2)sc1C. The highest BCUT2D eigenvalue weighted by Gasteiger charge is 2.19. The summed E-state index contributed by atoms with van der Waals surface area (Å²) in [5, 5.41) is 11.8. The standard InChI is InChI=1S/C17H25N5OS/c1-12-13(2)24-17(21-12)6-8-19-16(23)11-22-15(5-9-20-22)14-4-3-7-18-10-14/h5,9,14,18H,3-4,6-8,10-11H2,1-2H3,(H,19,23). The molecule has 0 saturated carbocycles. The average Bonchev–Trinajstić information content (AvgIpc) is 3.15. The van der Waals surface area contributed by atoms with Gasteiger partial charge >= 0.3 is 0 Å². The second-order valence-electron chi connectivity index (χ2n) is 6.31. The van der Waals surface area contributed by atoms with E-state index in [1.54, 1.807) is 17.5 Å². The molecule has 1 aliphatic heterocycles. The van der Waals surface area contributed by atoms with Crippen molar-refractivity contribution in [1.82, 2.24) is 25.4 Å². The van der Waals surface area contributed by atoms with E-state index >= 15 is 0 Å². The van der Waals surface area contributed by atoms with Gasteiger partial charge in [0.25, 0.3) is 0 Å². The molecule has 6 nitrogen and oxygen atoms in total. The van der Waals surface area contributed by atoms with E-state index < -0.39 is 0 Å². The van der Waals surface area contributed by atoms with Crippen LogP contribution in [0.15, 0.2) is 12.3 Å². The minimum Gasteiger partial charge on any atom is -0.354 e. The van der Waals surface area contributed by atoms with Gasteiger partial charge in [-0.2, -0.15) is 5.10 Å². The number of hydrogen-bond donors (Lipinski definition) is 2. The summed E-state index contributed by atoms with van der Waals surface area (Å²) in [6, 6.07) is 2.03. The lowest BCUT2D eigenvalue weighted by Crippen LogP contribution is -2.33. The summed E-state index contributed by atoms with van der Waals surface area (Å²) < 4.78 is 1.84. The Kier molecular flexibility index (Phi) is 5.63. The van der Waals surface area contributed by atoms with Crippen molar-refractivity contribution in [3.8, 4) is 0 Å². The van der Waals surface area contributed by atoms with Crippen LogP contribution in [0.25, 0.3) is 0 Å². The molecule has 3 rings (SSSR count). The van der Waals surface area contributed by atoms with Gasteiger partial charge in [0.1, 0.15) is 6.54 Å². The van der Waals surface area contributed by atoms with E-state index in [9.17, 15) is 4.79 Å². The topological polar surface area (TPSA) is 71.8 Å². The molecule has 7 heteroatoms. The lowest BCUT2D eigenvalue weighted by atomic mass is 9.96. The van der Waals surface area contributed by atoms with Crippen molar-refractivity contribution in [2.24, 2.45) is 0 Å². The van der Waals surface area contributed by atoms with Gasteiger partial charge in [-0.05, 0) is 39.3 Å². The number of aryl methyl sites for hydroxylation is 2. The number of carbonyl (C=O) groups is 1. The van der Waals surface area contributed by atoms with Gasteiger partial charge in [0, 0.05) is 42.2 Å². The van der Waals surface area contributed by atoms with Gasteiger partial charge < -0.3 is 10.6 Å². The molecule has 0 spiro atoms. The van der Waals surface area contributed by atoms with Gasteiger partial charge in [-0.3, -0.25) is 9.48 Å². The van der Waals surface area contributed by atoms with Crippen molar-refractivity contribution in [3.05, 3.63) is 33.5 Å². The number of thiazole rings is 1. The smallest absolute Gasteiger partial charge is 0.241 e. The molecule has 1 aliphatic rings. The molecular formula is C17H25N5OS. The molecule has 130 valence electrons. The fourth-order valence-corrected chi connectivity index (χ4v) is 4.01. The maximum Gasteiger partial charge on any atom is 0.241 e. The van der Waals surface area contributed by atoms with Crippen molar-refractivity contribution in [3.63, 3.8) is 0 Å². The zero-order valence-corrected chi connectivity index (χ0v) is 15.2. The lowest BCUT2D eigenvalue weighted by molar-refractivity contribution is -0.121. The highest BCUT2D eigenvalue weighted by Crippen LogP contribution is 2.22. The molecular weight excluding hydrogens is 322 g/mol. The molecule has 0 aromatic carbocycles. The predicted octanol–water partition coefficient (Wildman–Crippen LogP) is 1.78. The van der Waals surface area contributed by atoms with Crippen LogP contribution in [-0.4, -0.2) is 40.3 Å². The molecule has 0 aliphatic carbocycles. The quantitative estimate of drug-likeness (QED) is 0.836. The lowest BCUT2D eigenvalue weighted by Gasteiger charge is -2.23. The van der Waals surface area contributed by atoms with E-state index in [0.29, 0.717) is 12.5 Å². The van der Waals surface area contributed by atoms with Gasteiger partial charge in [-0.25, -0.2) is 4.98 Å². The third kappa shape index (κ3) is 4.21. The molecule has 0 bridgehead atoms. The highest BCUT2D eigenvalue weighted by atomic mass is 32.1. The van der Waals surface area contributed by atoms with Crippen LogP contribution in [0.4, 0.5) is 0 Å². The van der Waals surface area contributed by atoms with E-state index in [0.717, 1.165) is 42.3 Å². The largest absolute Gasteiger partial charge is 0.354 e. The third-order valence-corrected chi connectivity index (χ3v) is 5.62. The monoisotopic (exact) mass is 347 g/mol. The van der Waals surface area contributed by atoms with E-state index in [1.807, 2.05) is 17.7 Å². The van der Waals surface area contributed by atoms with E-state index in [1.165, 1.54) is 11.3 Å². The van der Waals surface area contributed by atoms with Crippen molar-refractivity contribution in [1.29, 1.82) is 0 Å². The molecule has 1 fully saturated rings. The molecule has 2 N–H and O–H groups in total. The maximum absolute atomic E-state index is 12.2. The number of piperidine rings is 1.